The van der Waals surface area contributed by atoms with Gasteiger partial charge in [0.05, 0.1) is 5.71 Å². The van der Waals surface area contributed by atoms with Crippen molar-refractivity contribution in [3.8, 4) is 0 Å². The second-order valence-electron chi connectivity index (χ2n) is 4.19. The van der Waals surface area contributed by atoms with E-state index in [-0.39, 0.29) is 0 Å². The largest absolute Gasteiger partial charge is 0.300 e. The summed E-state index contributed by atoms with van der Waals surface area (Å²) in [5.41, 5.74) is 1.81. The highest BCUT2D eigenvalue weighted by molar-refractivity contribution is 6.46. The number of hydrazone groups is 1. The van der Waals surface area contributed by atoms with Gasteiger partial charge in [-0.3, -0.25) is 14.9 Å². The van der Waals surface area contributed by atoms with Gasteiger partial charge < -0.3 is 0 Å². The minimum atomic E-state index is 0.839. The van der Waals surface area contributed by atoms with Crippen molar-refractivity contribution in [2.45, 2.75) is 20.3 Å². The van der Waals surface area contributed by atoms with Gasteiger partial charge in [-0.1, -0.05) is 27.0 Å². The van der Waals surface area contributed by atoms with Crippen LogP contribution in [-0.2, 0) is 0 Å². The highest BCUT2D eigenvalue weighted by Gasteiger charge is 2.14. The van der Waals surface area contributed by atoms with E-state index in [9.17, 15) is 0 Å². The molecule has 1 heterocycles. The number of rotatable bonds is 6. The van der Waals surface area contributed by atoms with Crippen LogP contribution < -0.4 is 0 Å². The molecule has 0 bridgehead atoms. The maximum absolute atomic E-state index is 4.64. The van der Waals surface area contributed by atoms with E-state index in [0.29, 0.717) is 0 Å². The van der Waals surface area contributed by atoms with Gasteiger partial charge in [0.25, 0.3) is 0 Å². The third kappa shape index (κ3) is 4.11. The molecule has 18 heavy (non-hydrogen) atoms. The third-order valence-electron chi connectivity index (χ3n) is 3.12. The first-order chi connectivity index (χ1) is 8.74. The van der Waals surface area contributed by atoms with Crippen molar-refractivity contribution < 1.29 is 0 Å². The molecule has 0 spiro atoms. The molecule has 0 aromatic carbocycles. The highest BCUT2D eigenvalue weighted by atomic mass is 15.5. The maximum Gasteiger partial charge on any atom is 0.104 e. The Labute approximate surface area is 110 Å². The zero-order valence-electron chi connectivity index (χ0n) is 11.6. The smallest absolute Gasteiger partial charge is 0.104 e. The molecule has 1 aliphatic heterocycles. The fraction of sp³-hybridized carbons (Fsp3) is 0.571. The van der Waals surface area contributed by atoms with Crippen molar-refractivity contribution >= 4 is 11.4 Å². The quantitative estimate of drug-likeness (QED) is 0.675. The summed E-state index contributed by atoms with van der Waals surface area (Å²) >= 11 is 0. The summed E-state index contributed by atoms with van der Waals surface area (Å²) in [5, 5.41) is 6.75. The number of piperazine rings is 1. The van der Waals surface area contributed by atoms with Gasteiger partial charge in [-0.15, -0.1) is 0 Å². The number of aliphatic imine (C=N–C) groups is 1. The van der Waals surface area contributed by atoms with Gasteiger partial charge in [0, 0.05) is 32.4 Å². The van der Waals surface area contributed by atoms with Gasteiger partial charge in [0.15, 0.2) is 0 Å². The monoisotopic (exact) mass is 248 g/mol. The lowest BCUT2D eigenvalue weighted by Crippen LogP contribution is -2.44. The normalized spacial score (nSPS) is 18.9. The van der Waals surface area contributed by atoms with Gasteiger partial charge in [-0.2, -0.15) is 5.10 Å². The van der Waals surface area contributed by atoms with E-state index in [0.717, 1.165) is 50.6 Å². The Hall–Kier alpha value is -1.42. The van der Waals surface area contributed by atoms with E-state index < -0.39 is 0 Å². The van der Waals surface area contributed by atoms with Crippen LogP contribution in [0.5, 0.6) is 0 Å². The van der Waals surface area contributed by atoms with Gasteiger partial charge in [0.1, 0.15) is 5.71 Å². The van der Waals surface area contributed by atoms with Crippen molar-refractivity contribution in [2.24, 2.45) is 10.1 Å². The molecule has 100 valence electrons. The molecule has 0 N–H and O–H groups in total. The van der Waals surface area contributed by atoms with Crippen LogP contribution >= 0.6 is 0 Å². The van der Waals surface area contributed by atoms with Crippen LogP contribution in [-0.4, -0.2) is 54.1 Å². The molecule has 0 radical (unpaired) electrons. The average Bonchev–Trinajstić information content (AvgIpc) is 2.43. The predicted octanol–water partition coefficient (Wildman–Crippen LogP) is 2.16. The molecule has 0 atom stereocenters. The van der Waals surface area contributed by atoms with Crippen molar-refractivity contribution in [2.75, 3.05) is 32.7 Å². The molecule has 4 heteroatoms. The van der Waals surface area contributed by atoms with Crippen LogP contribution in [0.3, 0.4) is 0 Å². The number of hydrogen-bond acceptors (Lipinski definition) is 4. The van der Waals surface area contributed by atoms with Gasteiger partial charge in [-0.25, -0.2) is 0 Å². The van der Waals surface area contributed by atoms with Crippen molar-refractivity contribution in [3.63, 3.8) is 0 Å². The molecular formula is C14H24N4. The molecule has 0 aromatic rings. The van der Waals surface area contributed by atoms with E-state index >= 15 is 0 Å². The Kier molecular flexibility index (Phi) is 6.36. The lowest BCUT2D eigenvalue weighted by Gasteiger charge is -2.32. The van der Waals surface area contributed by atoms with E-state index in [1.807, 2.05) is 0 Å². The molecule has 0 aromatic heterocycles. The van der Waals surface area contributed by atoms with E-state index in [2.05, 4.69) is 47.0 Å². The fourth-order valence-corrected chi connectivity index (χ4v) is 1.97. The minimum Gasteiger partial charge on any atom is -0.300 e. The first-order valence-electron chi connectivity index (χ1n) is 6.61. The van der Waals surface area contributed by atoms with Crippen molar-refractivity contribution in [3.05, 3.63) is 25.4 Å². The molecule has 0 saturated carbocycles. The maximum atomic E-state index is 4.64. The highest BCUT2D eigenvalue weighted by Crippen LogP contribution is 2.04. The summed E-state index contributed by atoms with van der Waals surface area (Å²) in [6.45, 7) is 16.9. The number of nitrogens with zero attached hydrogens (tertiary/aromatic N) is 4. The van der Waals surface area contributed by atoms with E-state index in [1.165, 1.54) is 0 Å². The molecule has 0 unspecified atom stereocenters. The third-order valence-corrected chi connectivity index (χ3v) is 3.12. The summed E-state index contributed by atoms with van der Waals surface area (Å²) < 4.78 is 0. The molecule has 4 nitrogen and oxygen atoms in total. The fourth-order valence-electron chi connectivity index (χ4n) is 1.97. The van der Waals surface area contributed by atoms with Crippen LogP contribution in [0.25, 0.3) is 0 Å². The summed E-state index contributed by atoms with van der Waals surface area (Å²) in [6, 6.07) is 0. The summed E-state index contributed by atoms with van der Waals surface area (Å²) in [5.74, 6) is 0. The Bertz CT molecular complexity index is 336. The van der Waals surface area contributed by atoms with E-state index in [1.54, 1.807) is 12.3 Å². The standard InChI is InChI=1S/C14H24N4/c1-5-13(15-7-3)14(6-2)16-18-11-9-17(8-4)10-12-18/h6-7H,2-3,5,8-12H2,1,4H3/b15-13?,16-14+. The van der Waals surface area contributed by atoms with Gasteiger partial charge >= 0.3 is 0 Å². The van der Waals surface area contributed by atoms with Crippen LogP contribution in [0.1, 0.15) is 20.3 Å². The lowest BCUT2D eigenvalue weighted by atomic mass is 10.2. The van der Waals surface area contributed by atoms with E-state index in [4.69, 9.17) is 0 Å². The predicted molar refractivity (Wildman–Crippen MR) is 79.2 cm³/mol. The first kappa shape index (κ1) is 14.6. The Morgan fingerprint density at radius 3 is 2.28 bits per heavy atom. The summed E-state index contributed by atoms with van der Waals surface area (Å²) in [4.78, 5) is 6.68. The Morgan fingerprint density at radius 1 is 1.17 bits per heavy atom. The molecular weight excluding hydrogens is 224 g/mol. The first-order valence-corrected chi connectivity index (χ1v) is 6.61. The molecule has 1 saturated heterocycles. The topological polar surface area (TPSA) is 31.2 Å². The zero-order valence-corrected chi connectivity index (χ0v) is 11.6. The second kappa shape index (κ2) is 7.82. The van der Waals surface area contributed by atoms with Crippen LogP contribution in [0.15, 0.2) is 35.5 Å². The van der Waals surface area contributed by atoms with Crippen LogP contribution in [0.2, 0.25) is 0 Å². The molecule has 1 fully saturated rings. The molecule has 0 amide bonds. The van der Waals surface area contributed by atoms with Gasteiger partial charge in [-0.05, 0) is 19.0 Å². The van der Waals surface area contributed by atoms with Crippen molar-refractivity contribution in [1.82, 2.24) is 9.91 Å². The summed E-state index contributed by atoms with van der Waals surface area (Å²) in [6.07, 6.45) is 4.18. The SMILES string of the molecule is C=CN=C(CC)/C(C=C)=N/N1CCN(CC)CC1. The Balaban J connectivity index is 2.70. The molecule has 1 rings (SSSR count). The van der Waals surface area contributed by atoms with Crippen LogP contribution in [0.4, 0.5) is 0 Å². The minimum absolute atomic E-state index is 0.839. The summed E-state index contributed by atoms with van der Waals surface area (Å²) in [7, 11) is 0. The molecule has 0 aliphatic carbocycles. The van der Waals surface area contributed by atoms with Crippen LogP contribution in [0, 0.1) is 0 Å². The second-order valence-corrected chi connectivity index (χ2v) is 4.19. The molecule has 1 aliphatic rings. The Morgan fingerprint density at radius 2 is 1.83 bits per heavy atom. The lowest BCUT2D eigenvalue weighted by molar-refractivity contribution is 0.141. The number of hydrogen-bond donors (Lipinski definition) is 0. The zero-order chi connectivity index (χ0) is 13.4. The average molecular weight is 248 g/mol. The van der Waals surface area contributed by atoms with Gasteiger partial charge in [0.2, 0.25) is 0 Å². The number of allylic oxidation sites excluding steroid dienone is 1. The van der Waals surface area contributed by atoms with Crippen molar-refractivity contribution in [1.29, 1.82) is 0 Å². The number of likely N-dealkylation sites (N-methyl/N-ethyl adjacent to an activating group) is 1.